The fraction of sp³-hybridized carbons (Fsp3) is 0.731. The van der Waals surface area contributed by atoms with Crippen molar-refractivity contribution in [2.75, 3.05) is 0 Å². The van der Waals surface area contributed by atoms with Crippen molar-refractivity contribution in [1.82, 2.24) is 9.13 Å². The summed E-state index contributed by atoms with van der Waals surface area (Å²) in [6.45, 7) is 4.82. The molecule has 0 amide bonds. The molecule has 3 saturated carbocycles. The highest BCUT2D eigenvalue weighted by Crippen LogP contribution is 2.68. The van der Waals surface area contributed by atoms with Gasteiger partial charge in [0.25, 0.3) is 5.56 Å². The number of nitrogens with zero attached hydrogens (tertiary/aromatic N) is 2. The van der Waals surface area contributed by atoms with Crippen LogP contribution in [0.15, 0.2) is 21.2 Å². The largest absolute Gasteiger partial charge is 0.475 e. The standard InChI is InChI=1S/C26H34N2O4/c1-25-9-7-15(29)11-14(25)5-6-17-18(25)8-10-26(2)19(17)12-16-13-20(26)21-22(30)27(3)24(31)28(4)23(21)32-16/h11,16-20H,5-10,12-13H2,1-4H3/t16-,17-,18+,19+,20+,25+,26+/m1/s1. The third kappa shape index (κ3) is 2.44. The van der Waals surface area contributed by atoms with E-state index < -0.39 is 0 Å². The molecule has 172 valence electrons. The van der Waals surface area contributed by atoms with Crippen molar-refractivity contribution in [3.05, 3.63) is 38.1 Å². The number of hydrogen-bond donors (Lipinski definition) is 0. The number of carbonyl (C=O) groups is 1. The van der Waals surface area contributed by atoms with E-state index in [-0.39, 0.29) is 34.1 Å². The third-order valence-electron chi connectivity index (χ3n) is 10.5. The molecule has 1 aliphatic heterocycles. The van der Waals surface area contributed by atoms with Crippen molar-refractivity contribution in [2.24, 2.45) is 42.7 Å². The number of hydrogen-bond acceptors (Lipinski definition) is 4. The molecule has 6 rings (SSSR count). The molecular formula is C26H34N2O4. The smallest absolute Gasteiger partial charge is 0.333 e. The average Bonchev–Trinajstić information content (AvgIpc) is 2.77. The predicted molar refractivity (Wildman–Crippen MR) is 121 cm³/mol. The normalized spacial score (nSPS) is 42.1. The summed E-state index contributed by atoms with van der Waals surface area (Å²) in [5.41, 5.74) is 1.81. The quantitative estimate of drug-likeness (QED) is 0.622. The Morgan fingerprint density at radius 1 is 0.969 bits per heavy atom. The fourth-order valence-corrected chi connectivity index (χ4v) is 8.69. The molecule has 7 atom stereocenters. The molecular weight excluding hydrogens is 404 g/mol. The number of fused-ring (bicyclic) bond motifs is 10. The molecule has 0 radical (unpaired) electrons. The monoisotopic (exact) mass is 438 g/mol. The maximum absolute atomic E-state index is 13.3. The number of rotatable bonds is 0. The summed E-state index contributed by atoms with van der Waals surface area (Å²) in [7, 11) is 3.30. The van der Waals surface area contributed by atoms with Crippen LogP contribution in [0.4, 0.5) is 0 Å². The molecule has 2 bridgehead atoms. The van der Waals surface area contributed by atoms with Crippen LogP contribution < -0.4 is 16.0 Å². The van der Waals surface area contributed by atoms with Crippen molar-refractivity contribution < 1.29 is 9.53 Å². The van der Waals surface area contributed by atoms with Gasteiger partial charge in [-0.15, -0.1) is 0 Å². The van der Waals surface area contributed by atoms with Crippen LogP contribution in [0.2, 0.25) is 0 Å². The van der Waals surface area contributed by atoms with Gasteiger partial charge >= 0.3 is 5.69 Å². The second-order valence-electron chi connectivity index (χ2n) is 11.7. The summed E-state index contributed by atoms with van der Waals surface area (Å²) in [4.78, 5) is 37.9. The lowest BCUT2D eigenvalue weighted by molar-refractivity contribution is -0.123. The second-order valence-corrected chi connectivity index (χ2v) is 11.7. The lowest BCUT2D eigenvalue weighted by Crippen LogP contribution is -2.58. The van der Waals surface area contributed by atoms with Gasteiger partial charge in [0.1, 0.15) is 6.10 Å². The van der Waals surface area contributed by atoms with Crippen LogP contribution in [-0.2, 0) is 18.9 Å². The van der Waals surface area contributed by atoms with E-state index in [1.165, 1.54) is 14.7 Å². The number of aromatic nitrogens is 2. The summed E-state index contributed by atoms with van der Waals surface area (Å²) in [5, 5.41) is 0. The molecule has 3 fully saturated rings. The molecule has 4 aliphatic carbocycles. The topological polar surface area (TPSA) is 70.3 Å². The number of carbonyl (C=O) groups excluding carboxylic acids is 1. The first-order chi connectivity index (χ1) is 15.1. The maximum Gasteiger partial charge on any atom is 0.333 e. The van der Waals surface area contributed by atoms with E-state index in [2.05, 4.69) is 13.8 Å². The first kappa shape index (κ1) is 20.5. The van der Waals surface area contributed by atoms with Crippen LogP contribution in [-0.4, -0.2) is 21.0 Å². The Morgan fingerprint density at radius 3 is 2.53 bits per heavy atom. The SMILES string of the molecule is Cn1c2c(c(=O)n(C)c1=O)[C@@H]1C[C@@H](C[C@H]3[C@@H]4CCC5=CC(=O)CC[C@]5(C)[C@H]4CC[C@]13C)O2. The second kappa shape index (κ2) is 6.48. The zero-order valence-electron chi connectivity index (χ0n) is 19.6. The van der Waals surface area contributed by atoms with Crippen LogP contribution in [0.5, 0.6) is 5.88 Å². The molecule has 2 heterocycles. The van der Waals surface area contributed by atoms with E-state index in [9.17, 15) is 14.4 Å². The van der Waals surface area contributed by atoms with Crippen molar-refractivity contribution in [1.29, 1.82) is 0 Å². The van der Waals surface area contributed by atoms with E-state index in [0.29, 0.717) is 35.8 Å². The summed E-state index contributed by atoms with van der Waals surface area (Å²) >= 11 is 0. The van der Waals surface area contributed by atoms with Crippen LogP contribution >= 0.6 is 0 Å². The van der Waals surface area contributed by atoms with E-state index in [0.717, 1.165) is 50.5 Å². The molecule has 32 heavy (non-hydrogen) atoms. The Hall–Kier alpha value is -2.11. The molecule has 6 heteroatoms. The fourth-order valence-electron chi connectivity index (χ4n) is 8.69. The van der Waals surface area contributed by atoms with Gasteiger partial charge < -0.3 is 4.74 Å². The molecule has 0 unspecified atom stereocenters. The zero-order valence-corrected chi connectivity index (χ0v) is 19.6. The Morgan fingerprint density at radius 2 is 1.75 bits per heavy atom. The van der Waals surface area contributed by atoms with Crippen molar-refractivity contribution >= 4 is 5.78 Å². The zero-order chi connectivity index (χ0) is 22.6. The van der Waals surface area contributed by atoms with Crippen LogP contribution in [0, 0.1) is 28.6 Å². The molecule has 0 N–H and O–H groups in total. The van der Waals surface area contributed by atoms with E-state index in [4.69, 9.17) is 4.74 Å². The molecule has 1 aromatic heterocycles. The third-order valence-corrected chi connectivity index (χ3v) is 10.5. The van der Waals surface area contributed by atoms with Crippen LogP contribution in [0.1, 0.15) is 76.7 Å². The Bertz CT molecular complexity index is 1180. The van der Waals surface area contributed by atoms with E-state index in [1.807, 2.05) is 6.08 Å². The minimum Gasteiger partial charge on any atom is -0.475 e. The Labute approximate surface area is 188 Å². The molecule has 1 aromatic rings. The lowest BCUT2D eigenvalue weighted by Gasteiger charge is -2.63. The van der Waals surface area contributed by atoms with Gasteiger partial charge in [0.2, 0.25) is 5.88 Å². The Kier molecular flexibility index (Phi) is 4.15. The highest BCUT2D eigenvalue weighted by atomic mass is 16.5. The van der Waals surface area contributed by atoms with Gasteiger partial charge in [0, 0.05) is 26.4 Å². The van der Waals surface area contributed by atoms with Gasteiger partial charge in [-0.25, -0.2) is 4.79 Å². The maximum atomic E-state index is 13.3. The van der Waals surface area contributed by atoms with E-state index in [1.54, 1.807) is 14.1 Å². The molecule has 0 saturated heterocycles. The van der Waals surface area contributed by atoms with E-state index >= 15 is 0 Å². The van der Waals surface area contributed by atoms with Crippen LogP contribution in [0.3, 0.4) is 0 Å². The minimum absolute atomic E-state index is 0.0435. The average molecular weight is 439 g/mol. The lowest BCUT2D eigenvalue weighted by atomic mass is 9.42. The molecule has 0 spiro atoms. The summed E-state index contributed by atoms with van der Waals surface area (Å²) in [6.07, 6.45) is 9.99. The highest BCUT2D eigenvalue weighted by Gasteiger charge is 2.61. The van der Waals surface area contributed by atoms with Gasteiger partial charge in [-0.1, -0.05) is 19.4 Å². The van der Waals surface area contributed by atoms with Crippen molar-refractivity contribution in [3.8, 4) is 5.88 Å². The summed E-state index contributed by atoms with van der Waals surface area (Å²) in [6, 6.07) is 0. The van der Waals surface area contributed by atoms with Crippen LogP contribution in [0.25, 0.3) is 0 Å². The molecule has 6 nitrogen and oxygen atoms in total. The van der Waals surface area contributed by atoms with Gasteiger partial charge in [-0.3, -0.25) is 18.7 Å². The van der Waals surface area contributed by atoms with Gasteiger partial charge in [-0.05, 0) is 79.6 Å². The first-order valence-electron chi connectivity index (χ1n) is 12.4. The molecule has 0 aromatic carbocycles. The highest BCUT2D eigenvalue weighted by molar-refractivity contribution is 5.91. The summed E-state index contributed by atoms with van der Waals surface area (Å²) < 4.78 is 9.14. The summed E-state index contributed by atoms with van der Waals surface area (Å²) in [5.74, 6) is 2.67. The van der Waals surface area contributed by atoms with Gasteiger partial charge in [-0.2, -0.15) is 0 Å². The van der Waals surface area contributed by atoms with Gasteiger partial charge in [0.05, 0.1) is 5.56 Å². The number of ketones is 1. The molecule has 5 aliphatic rings. The predicted octanol–water partition coefficient (Wildman–Crippen LogP) is 3.46. The van der Waals surface area contributed by atoms with Gasteiger partial charge in [0.15, 0.2) is 5.78 Å². The number of allylic oxidation sites excluding steroid dienone is 2. The van der Waals surface area contributed by atoms with Crippen molar-refractivity contribution in [3.63, 3.8) is 0 Å². The first-order valence-corrected chi connectivity index (χ1v) is 12.4. The Balaban J connectivity index is 1.44. The number of ether oxygens (including phenoxy) is 1. The van der Waals surface area contributed by atoms with Crippen molar-refractivity contribution in [2.45, 2.75) is 77.2 Å². The minimum atomic E-state index is -0.314.